The summed E-state index contributed by atoms with van der Waals surface area (Å²) in [6.45, 7) is 4.32. The maximum atomic E-state index is 12.1. The van der Waals surface area contributed by atoms with Gasteiger partial charge in [0.1, 0.15) is 5.82 Å². The van der Waals surface area contributed by atoms with Crippen molar-refractivity contribution >= 4 is 0 Å². The van der Waals surface area contributed by atoms with E-state index in [1.54, 1.807) is 20.3 Å². The van der Waals surface area contributed by atoms with Crippen LogP contribution in [0.4, 0.5) is 0 Å². The average molecular weight is 406 g/mol. The number of nitrogens with zero attached hydrogens (tertiary/aromatic N) is 3. The molecule has 0 saturated carbocycles. The summed E-state index contributed by atoms with van der Waals surface area (Å²) in [6, 6.07) is 11.7. The highest BCUT2D eigenvalue weighted by molar-refractivity contribution is 5.45. The number of hydrogen-bond acceptors (Lipinski definition) is 6. The zero-order valence-corrected chi connectivity index (χ0v) is 17.5. The van der Waals surface area contributed by atoms with Gasteiger partial charge in [-0.15, -0.1) is 0 Å². The molecule has 1 aliphatic heterocycles. The molecule has 156 valence electrons. The lowest BCUT2D eigenvalue weighted by Crippen LogP contribution is -2.20. The highest BCUT2D eigenvalue weighted by atomic mass is 16.5. The maximum Gasteiger partial charge on any atom is 0.251 e. The van der Waals surface area contributed by atoms with Crippen molar-refractivity contribution in [2.45, 2.75) is 25.3 Å². The fourth-order valence-corrected chi connectivity index (χ4v) is 4.27. The number of aryl methyl sites for hydroxylation is 1. The Bertz CT molecular complexity index is 1070. The lowest BCUT2D eigenvalue weighted by atomic mass is 9.86. The molecule has 0 amide bonds. The zero-order valence-electron chi connectivity index (χ0n) is 17.5. The predicted octanol–water partition coefficient (Wildman–Crippen LogP) is 2.87. The molecular formula is C23H26N4O3. The number of aromatic amines is 1. The molecular weight excluding hydrogens is 380 g/mol. The Kier molecular flexibility index (Phi) is 5.81. The van der Waals surface area contributed by atoms with E-state index in [1.165, 1.54) is 5.56 Å². The standard InChI is InChI=1S/C23H26N4O3/c1-15-25-20(11-23(28)26-15)19-14-27(12-16-6-8-24-9-7-16)13-18(19)17-4-5-21(29-2)22(10-17)30-3/h4-11,18-19H,12-14H2,1-3H3,(H,25,26,28)/t18-,19+/m0/s1. The second-order valence-electron chi connectivity index (χ2n) is 7.63. The van der Waals surface area contributed by atoms with Gasteiger partial charge in [0.2, 0.25) is 0 Å². The zero-order chi connectivity index (χ0) is 21.1. The van der Waals surface area contributed by atoms with Crippen LogP contribution >= 0.6 is 0 Å². The molecule has 2 atom stereocenters. The first-order valence-electron chi connectivity index (χ1n) is 9.98. The Labute approximate surface area is 175 Å². The summed E-state index contributed by atoms with van der Waals surface area (Å²) >= 11 is 0. The summed E-state index contributed by atoms with van der Waals surface area (Å²) in [5.74, 6) is 2.33. The summed E-state index contributed by atoms with van der Waals surface area (Å²) in [5, 5.41) is 0. The molecule has 0 bridgehead atoms. The molecule has 1 N–H and O–H groups in total. The molecule has 3 heterocycles. The first-order valence-corrected chi connectivity index (χ1v) is 9.98. The molecule has 7 nitrogen and oxygen atoms in total. The molecule has 4 rings (SSSR count). The SMILES string of the molecule is COc1ccc([C@@H]2CN(Cc3ccncc3)C[C@H]2c2cc(=O)[nH]c(C)n2)cc1OC. The van der Waals surface area contributed by atoms with Crippen molar-refractivity contribution in [3.63, 3.8) is 0 Å². The van der Waals surface area contributed by atoms with Crippen LogP contribution in [0.15, 0.2) is 53.6 Å². The molecule has 0 unspecified atom stereocenters. The van der Waals surface area contributed by atoms with E-state index >= 15 is 0 Å². The molecule has 2 aromatic heterocycles. The molecule has 30 heavy (non-hydrogen) atoms. The summed E-state index contributed by atoms with van der Waals surface area (Å²) in [6.07, 6.45) is 3.63. The molecule has 0 radical (unpaired) electrons. The molecule has 3 aromatic rings. The minimum Gasteiger partial charge on any atom is -0.493 e. The van der Waals surface area contributed by atoms with Gasteiger partial charge >= 0.3 is 0 Å². The van der Waals surface area contributed by atoms with E-state index in [0.717, 1.165) is 30.9 Å². The maximum absolute atomic E-state index is 12.1. The van der Waals surface area contributed by atoms with E-state index in [-0.39, 0.29) is 17.4 Å². The molecule has 0 aliphatic carbocycles. The monoisotopic (exact) mass is 406 g/mol. The van der Waals surface area contributed by atoms with E-state index in [9.17, 15) is 4.79 Å². The topological polar surface area (TPSA) is 80.3 Å². The van der Waals surface area contributed by atoms with Crippen molar-refractivity contribution in [3.8, 4) is 11.5 Å². The first-order chi connectivity index (χ1) is 14.6. The van der Waals surface area contributed by atoms with Crippen molar-refractivity contribution in [3.05, 3.63) is 81.8 Å². The van der Waals surface area contributed by atoms with Gasteiger partial charge in [-0.25, -0.2) is 4.98 Å². The third kappa shape index (κ3) is 4.21. The summed E-state index contributed by atoms with van der Waals surface area (Å²) in [5.41, 5.74) is 3.07. The van der Waals surface area contributed by atoms with Gasteiger partial charge in [0.15, 0.2) is 11.5 Å². The second kappa shape index (κ2) is 8.67. The number of ether oxygens (including phenoxy) is 2. The third-order valence-electron chi connectivity index (χ3n) is 5.65. The van der Waals surface area contributed by atoms with Crippen molar-refractivity contribution in [1.82, 2.24) is 19.9 Å². The number of nitrogens with one attached hydrogen (secondary N) is 1. The van der Waals surface area contributed by atoms with Crippen LogP contribution < -0.4 is 15.0 Å². The van der Waals surface area contributed by atoms with Gasteiger partial charge in [0.05, 0.1) is 19.9 Å². The number of aromatic nitrogens is 3. The Balaban J connectivity index is 1.70. The van der Waals surface area contributed by atoms with Crippen LogP contribution in [0.1, 0.15) is 34.5 Å². The van der Waals surface area contributed by atoms with Crippen LogP contribution in [0.25, 0.3) is 0 Å². The molecule has 1 fully saturated rings. The fourth-order valence-electron chi connectivity index (χ4n) is 4.27. The molecule has 0 spiro atoms. The van der Waals surface area contributed by atoms with E-state index in [2.05, 4.69) is 25.9 Å². The number of likely N-dealkylation sites (tertiary alicyclic amines) is 1. The van der Waals surface area contributed by atoms with Gasteiger partial charge in [-0.3, -0.25) is 14.7 Å². The van der Waals surface area contributed by atoms with Crippen molar-refractivity contribution in [1.29, 1.82) is 0 Å². The number of rotatable bonds is 6. The third-order valence-corrected chi connectivity index (χ3v) is 5.65. The molecule has 1 saturated heterocycles. The van der Waals surface area contributed by atoms with E-state index in [0.29, 0.717) is 17.3 Å². The van der Waals surface area contributed by atoms with Crippen LogP contribution in [-0.2, 0) is 6.54 Å². The van der Waals surface area contributed by atoms with Crippen LogP contribution in [0.5, 0.6) is 11.5 Å². The van der Waals surface area contributed by atoms with Gasteiger partial charge in [-0.1, -0.05) is 6.07 Å². The number of hydrogen-bond donors (Lipinski definition) is 1. The number of benzene rings is 1. The van der Waals surface area contributed by atoms with Crippen molar-refractivity contribution in [2.24, 2.45) is 0 Å². The van der Waals surface area contributed by atoms with Crippen LogP contribution in [0.2, 0.25) is 0 Å². The van der Waals surface area contributed by atoms with Gasteiger partial charge in [-0.05, 0) is 42.3 Å². The number of methoxy groups -OCH3 is 2. The van der Waals surface area contributed by atoms with Gasteiger partial charge in [0, 0.05) is 49.9 Å². The van der Waals surface area contributed by atoms with Crippen molar-refractivity contribution in [2.75, 3.05) is 27.3 Å². The van der Waals surface area contributed by atoms with Gasteiger partial charge in [0.25, 0.3) is 5.56 Å². The highest BCUT2D eigenvalue weighted by Gasteiger charge is 2.36. The van der Waals surface area contributed by atoms with Crippen molar-refractivity contribution < 1.29 is 9.47 Å². The summed E-state index contributed by atoms with van der Waals surface area (Å²) < 4.78 is 10.9. The lowest BCUT2D eigenvalue weighted by molar-refractivity contribution is 0.323. The van der Waals surface area contributed by atoms with Crippen LogP contribution in [0.3, 0.4) is 0 Å². The fraction of sp³-hybridized carbons (Fsp3) is 0.348. The summed E-state index contributed by atoms with van der Waals surface area (Å²) in [7, 11) is 3.28. The summed E-state index contributed by atoms with van der Waals surface area (Å²) in [4.78, 5) is 26.0. The average Bonchev–Trinajstić information content (AvgIpc) is 3.17. The lowest BCUT2D eigenvalue weighted by Gasteiger charge is -2.20. The van der Waals surface area contributed by atoms with E-state index in [1.807, 2.05) is 43.6 Å². The minimum atomic E-state index is -0.115. The normalized spacial score (nSPS) is 19.0. The second-order valence-corrected chi connectivity index (χ2v) is 7.63. The Hall–Kier alpha value is -3.19. The van der Waals surface area contributed by atoms with E-state index in [4.69, 9.17) is 9.47 Å². The number of pyridine rings is 1. The molecule has 1 aliphatic rings. The number of H-pyrrole nitrogens is 1. The first kappa shape index (κ1) is 20.1. The van der Waals surface area contributed by atoms with E-state index < -0.39 is 0 Å². The van der Waals surface area contributed by atoms with Crippen LogP contribution in [0, 0.1) is 6.92 Å². The minimum absolute atomic E-state index is 0.103. The highest BCUT2D eigenvalue weighted by Crippen LogP contribution is 2.41. The van der Waals surface area contributed by atoms with Gasteiger partial charge in [-0.2, -0.15) is 0 Å². The Morgan fingerprint density at radius 3 is 2.47 bits per heavy atom. The molecule has 7 heteroatoms. The Morgan fingerprint density at radius 1 is 1.03 bits per heavy atom. The van der Waals surface area contributed by atoms with Crippen LogP contribution in [-0.4, -0.2) is 47.2 Å². The Morgan fingerprint density at radius 2 is 1.77 bits per heavy atom. The smallest absolute Gasteiger partial charge is 0.251 e. The van der Waals surface area contributed by atoms with Gasteiger partial charge < -0.3 is 14.5 Å². The quantitative estimate of drug-likeness (QED) is 0.678. The molecule has 1 aromatic carbocycles. The largest absolute Gasteiger partial charge is 0.493 e. The predicted molar refractivity (Wildman–Crippen MR) is 114 cm³/mol.